The smallest absolute Gasteiger partial charge is 0.256 e. The van der Waals surface area contributed by atoms with Gasteiger partial charge in [0.05, 0.1) is 22.7 Å². The van der Waals surface area contributed by atoms with Crippen molar-refractivity contribution in [3.05, 3.63) is 62.9 Å². The van der Waals surface area contributed by atoms with Crippen LogP contribution in [-0.4, -0.2) is 32.0 Å². The normalized spacial score (nSPS) is 10.4. The molecule has 2 aromatic carbocycles. The van der Waals surface area contributed by atoms with E-state index in [-0.39, 0.29) is 34.4 Å². The first-order valence-corrected chi connectivity index (χ1v) is 8.25. The lowest BCUT2D eigenvalue weighted by Gasteiger charge is -2.12. The fourth-order valence-corrected chi connectivity index (χ4v) is 2.65. The van der Waals surface area contributed by atoms with Gasteiger partial charge in [0.25, 0.3) is 11.8 Å². The lowest BCUT2D eigenvalue weighted by Crippen LogP contribution is -2.35. The van der Waals surface area contributed by atoms with Gasteiger partial charge in [-0.15, -0.1) is 0 Å². The molecule has 0 bridgehead atoms. The van der Waals surface area contributed by atoms with Gasteiger partial charge < -0.3 is 15.4 Å². The number of amides is 2. The molecule has 10 heteroatoms. The highest BCUT2D eigenvalue weighted by Crippen LogP contribution is 2.33. The molecular formula is C17H13Cl2F3N2O3. The van der Waals surface area contributed by atoms with E-state index in [2.05, 4.69) is 10.6 Å². The maximum Gasteiger partial charge on any atom is 0.256 e. The number of methoxy groups -OCH3 is 1. The summed E-state index contributed by atoms with van der Waals surface area (Å²) in [5, 5.41) is 5.06. The van der Waals surface area contributed by atoms with Gasteiger partial charge in [0.15, 0.2) is 23.2 Å². The van der Waals surface area contributed by atoms with E-state index in [4.69, 9.17) is 27.9 Å². The van der Waals surface area contributed by atoms with Crippen LogP contribution in [-0.2, 0) is 0 Å². The molecule has 0 unspecified atom stereocenters. The highest BCUT2D eigenvalue weighted by molar-refractivity contribution is 6.37. The summed E-state index contributed by atoms with van der Waals surface area (Å²) in [4.78, 5) is 24.1. The van der Waals surface area contributed by atoms with Crippen molar-refractivity contribution in [1.29, 1.82) is 0 Å². The van der Waals surface area contributed by atoms with Crippen LogP contribution in [0.4, 0.5) is 13.2 Å². The molecule has 0 saturated heterocycles. The Morgan fingerprint density at radius 1 is 0.926 bits per heavy atom. The zero-order chi connectivity index (χ0) is 20.1. The second-order valence-corrected chi connectivity index (χ2v) is 5.99. The molecule has 0 atom stereocenters. The van der Waals surface area contributed by atoms with Gasteiger partial charge in [-0.3, -0.25) is 9.59 Å². The summed E-state index contributed by atoms with van der Waals surface area (Å²) in [6.07, 6.45) is 0. The molecule has 2 amide bonds. The first-order chi connectivity index (χ1) is 12.8. The van der Waals surface area contributed by atoms with Gasteiger partial charge in [-0.05, 0) is 24.3 Å². The summed E-state index contributed by atoms with van der Waals surface area (Å²) in [6, 6.07) is 4.35. The zero-order valence-electron chi connectivity index (χ0n) is 13.8. The molecule has 27 heavy (non-hydrogen) atoms. The third-order valence-electron chi connectivity index (χ3n) is 3.47. The van der Waals surface area contributed by atoms with Gasteiger partial charge in [-0.25, -0.2) is 13.2 Å². The van der Waals surface area contributed by atoms with E-state index in [0.717, 1.165) is 6.07 Å². The van der Waals surface area contributed by atoms with Crippen molar-refractivity contribution in [2.45, 2.75) is 0 Å². The van der Waals surface area contributed by atoms with E-state index < -0.39 is 34.8 Å². The number of carbonyl (C=O) groups is 2. The van der Waals surface area contributed by atoms with Crippen molar-refractivity contribution in [1.82, 2.24) is 10.6 Å². The molecule has 2 rings (SSSR count). The van der Waals surface area contributed by atoms with Crippen LogP contribution < -0.4 is 15.4 Å². The van der Waals surface area contributed by atoms with Crippen LogP contribution in [0.25, 0.3) is 0 Å². The Kier molecular flexibility index (Phi) is 6.92. The average molecular weight is 421 g/mol. The first kappa shape index (κ1) is 20.9. The molecule has 2 aromatic rings. The van der Waals surface area contributed by atoms with E-state index in [1.165, 1.54) is 19.2 Å². The van der Waals surface area contributed by atoms with Crippen molar-refractivity contribution >= 4 is 35.0 Å². The minimum Gasteiger partial charge on any atom is -0.494 e. The van der Waals surface area contributed by atoms with Crippen LogP contribution in [0.2, 0.25) is 10.0 Å². The van der Waals surface area contributed by atoms with Gasteiger partial charge >= 0.3 is 0 Å². The highest BCUT2D eigenvalue weighted by atomic mass is 35.5. The number of carbonyl (C=O) groups excluding carboxylic acids is 2. The average Bonchev–Trinajstić information content (AvgIpc) is 2.64. The van der Waals surface area contributed by atoms with Crippen molar-refractivity contribution in [2.75, 3.05) is 20.2 Å². The Bertz CT molecular complexity index is 894. The summed E-state index contributed by atoms with van der Waals surface area (Å²) >= 11 is 11.9. The highest BCUT2D eigenvalue weighted by Gasteiger charge is 2.20. The number of ether oxygens (including phenoxy) is 1. The maximum atomic E-state index is 13.6. The number of hydrogen-bond donors (Lipinski definition) is 2. The van der Waals surface area contributed by atoms with Crippen LogP contribution >= 0.6 is 23.2 Å². The molecule has 0 spiro atoms. The van der Waals surface area contributed by atoms with E-state index >= 15 is 0 Å². The predicted molar refractivity (Wildman–Crippen MR) is 94.0 cm³/mol. The van der Waals surface area contributed by atoms with Crippen molar-refractivity contribution in [3.63, 3.8) is 0 Å². The predicted octanol–water partition coefficient (Wildman–Crippen LogP) is 3.58. The number of hydrogen-bond acceptors (Lipinski definition) is 3. The van der Waals surface area contributed by atoms with Crippen LogP contribution in [0.3, 0.4) is 0 Å². The Morgan fingerprint density at radius 2 is 1.52 bits per heavy atom. The molecule has 0 aliphatic carbocycles. The largest absolute Gasteiger partial charge is 0.494 e. The maximum absolute atomic E-state index is 13.6. The van der Waals surface area contributed by atoms with Gasteiger partial charge in [0.1, 0.15) is 5.56 Å². The molecule has 0 fully saturated rings. The molecule has 0 aliphatic rings. The minimum atomic E-state index is -1.74. The summed E-state index contributed by atoms with van der Waals surface area (Å²) < 4.78 is 44.6. The Balaban J connectivity index is 1.96. The number of halogens is 5. The number of rotatable bonds is 6. The third kappa shape index (κ3) is 4.64. The van der Waals surface area contributed by atoms with E-state index in [9.17, 15) is 22.8 Å². The quantitative estimate of drug-likeness (QED) is 0.554. The monoisotopic (exact) mass is 420 g/mol. The van der Waals surface area contributed by atoms with E-state index in [1.807, 2.05) is 0 Å². The van der Waals surface area contributed by atoms with E-state index in [0.29, 0.717) is 6.07 Å². The fraction of sp³-hybridized carbons (Fsp3) is 0.176. The van der Waals surface area contributed by atoms with Crippen LogP contribution in [0.5, 0.6) is 5.75 Å². The SMILES string of the molecule is COc1c(Cl)ccc(Cl)c1C(=O)NCCNC(=O)c1ccc(F)c(F)c1F. The van der Waals surface area contributed by atoms with Crippen molar-refractivity contribution < 1.29 is 27.5 Å². The lowest BCUT2D eigenvalue weighted by molar-refractivity contribution is 0.0923. The second-order valence-electron chi connectivity index (χ2n) is 5.17. The fourth-order valence-electron chi connectivity index (χ4n) is 2.18. The molecule has 2 N–H and O–H groups in total. The molecule has 0 aromatic heterocycles. The molecule has 0 heterocycles. The standard InChI is InChI=1S/C17H13Cl2F3N2O3/c1-27-15-10(19)4-3-9(18)12(15)17(26)24-7-6-23-16(25)8-2-5-11(20)14(22)13(8)21/h2-5H,6-7H2,1H3,(H,23,25)(H,24,26). The number of benzene rings is 2. The van der Waals surface area contributed by atoms with Crippen molar-refractivity contribution in [2.24, 2.45) is 0 Å². The van der Waals surface area contributed by atoms with Gasteiger partial charge in [-0.2, -0.15) is 0 Å². The topological polar surface area (TPSA) is 67.4 Å². The molecule has 144 valence electrons. The molecule has 5 nitrogen and oxygen atoms in total. The molecule has 0 aliphatic heterocycles. The summed E-state index contributed by atoms with van der Waals surface area (Å²) in [6.45, 7) is -0.161. The Hall–Kier alpha value is -2.45. The molecule has 0 radical (unpaired) electrons. The second kappa shape index (κ2) is 8.96. The summed E-state index contributed by atoms with van der Waals surface area (Å²) in [7, 11) is 1.32. The Labute approximate surface area is 162 Å². The molecule has 0 saturated carbocycles. The first-order valence-electron chi connectivity index (χ1n) is 7.49. The van der Waals surface area contributed by atoms with Crippen LogP contribution in [0.1, 0.15) is 20.7 Å². The van der Waals surface area contributed by atoms with Crippen LogP contribution in [0.15, 0.2) is 24.3 Å². The van der Waals surface area contributed by atoms with Gasteiger partial charge in [-0.1, -0.05) is 23.2 Å². The van der Waals surface area contributed by atoms with E-state index in [1.54, 1.807) is 0 Å². The lowest BCUT2D eigenvalue weighted by atomic mass is 10.1. The Morgan fingerprint density at radius 3 is 2.15 bits per heavy atom. The minimum absolute atomic E-state index is 0.0182. The zero-order valence-corrected chi connectivity index (χ0v) is 15.4. The molecular weight excluding hydrogens is 408 g/mol. The van der Waals surface area contributed by atoms with Gasteiger partial charge in [0.2, 0.25) is 0 Å². The summed E-state index contributed by atoms with van der Waals surface area (Å²) in [5.41, 5.74) is -0.635. The summed E-state index contributed by atoms with van der Waals surface area (Å²) in [5.74, 6) is -6.20. The number of nitrogens with one attached hydrogen (secondary N) is 2. The van der Waals surface area contributed by atoms with Crippen LogP contribution in [0, 0.1) is 17.5 Å². The third-order valence-corrected chi connectivity index (χ3v) is 4.08. The van der Waals surface area contributed by atoms with Gasteiger partial charge in [0, 0.05) is 13.1 Å². The van der Waals surface area contributed by atoms with Crippen molar-refractivity contribution in [3.8, 4) is 5.75 Å².